The molecule has 0 saturated heterocycles. The maximum Gasteiger partial charge on any atom is 0.329 e. The van der Waals surface area contributed by atoms with Gasteiger partial charge in [0.25, 0.3) is 5.91 Å². The topological polar surface area (TPSA) is 107 Å². The quantitative estimate of drug-likeness (QED) is 0.601. The van der Waals surface area contributed by atoms with Crippen LogP contribution in [-0.4, -0.2) is 32.7 Å². The first-order valence-corrected chi connectivity index (χ1v) is 5.38. The summed E-state index contributed by atoms with van der Waals surface area (Å²) in [6.45, 7) is 2.99. The molecule has 0 saturated carbocycles. The normalized spacial score (nSPS) is 13.7. The zero-order chi connectivity index (χ0) is 13.9. The van der Waals surface area contributed by atoms with Gasteiger partial charge in [0, 0.05) is 0 Å². The van der Waals surface area contributed by atoms with Crippen LogP contribution in [0.15, 0.2) is 18.2 Å². The Morgan fingerprint density at radius 3 is 2.44 bits per heavy atom. The van der Waals surface area contributed by atoms with E-state index in [1.807, 2.05) is 0 Å². The number of phenolic OH excluding ortho intramolecular Hbond substituents is 2. The van der Waals surface area contributed by atoms with Crippen LogP contribution in [0.2, 0.25) is 0 Å². The number of benzene rings is 1. The zero-order valence-electron chi connectivity index (χ0n) is 10.1. The predicted octanol–water partition coefficient (Wildman–Crippen LogP) is 1.08. The summed E-state index contributed by atoms with van der Waals surface area (Å²) in [5, 5.41) is 30.1. The van der Waals surface area contributed by atoms with Gasteiger partial charge in [-0.25, -0.2) is 4.79 Å². The van der Waals surface area contributed by atoms with E-state index in [9.17, 15) is 19.8 Å². The number of nitrogens with one attached hydrogen (secondary N) is 1. The number of rotatable bonds is 4. The lowest BCUT2D eigenvalue weighted by Crippen LogP contribution is -2.51. The Labute approximate surface area is 104 Å². The molecule has 1 atom stereocenters. The SMILES string of the molecule is CCC(C)(NC(=O)c1cccc(O)c1O)C(=O)O. The smallest absolute Gasteiger partial charge is 0.329 e. The van der Waals surface area contributed by atoms with Crippen LogP contribution in [0.4, 0.5) is 0 Å². The molecule has 6 nitrogen and oxygen atoms in total. The van der Waals surface area contributed by atoms with Gasteiger partial charge in [-0.3, -0.25) is 4.79 Å². The molecule has 0 fully saturated rings. The molecule has 1 aromatic carbocycles. The third kappa shape index (κ3) is 2.53. The molecule has 0 heterocycles. The highest BCUT2D eigenvalue weighted by Crippen LogP contribution is 2.28. The largest absolute Gasteiger partial charge is 0.504 e. The maximum absolute atomic E-state index is 11.9. The van der Waals surface area contributed by atoms with Crippen molar-refractivity contribution in [3.05, 3.63) is 23.8 Å². The van der Waals surface area contributed by atoms with Crippen LogP contribution in [0.5, 0.6) is 11.5 Å². The molecular formula is C12H15NO5. The Morgan fingerprint density at radius 1 is 1.33 bits per heavy atom. The Bertz CT molecular complexity index is 485. The summed E-state index contributed by atoms with van der Waals surface area (Å²) in [5.74, 6) is -2.93. The fraction of sp³-hybridized carbons (Fsp3) is 0.333. The molecule has 0 aliphatic carbocycles. The molecule has 1 amide bonds. The predicted molar refractivity (Wildman–Crippen MR) is 63.6 cm³/mol. The average molecular weight is 253 g/mol. The van der Waals surface area contributed by atoms with Gasteiger partial charge in [-0.2, -0.15) is 0 Å². The van der Waals surface area contributed by atoms with Crippen LogP contribution in [0.3, 0.4) is 0 Å². The highest BCUT2D eigenvalue weighted by Gasteiger charge is 2.33. The third-order valence-corrected chi connectivity index (χ3v) is 2.83. The van der Waals surface area contributed by atoms with Gasteiger partial charge < -0.3 is 20.6 Å². The molecule has 0 aromatic heterocycles. The van der Waals surface area contributed by atoms with Crippen LogP contribution < -0.4 is 5.32 Å². The fourth-order valence-corrected chi connectivity index (χ4v) is 1.33. The number of aromatic hydroxyl groups is 2. The van der Waals surface area contributed by atoms with E-state index >= 15 is 0 Å². The van der Waals surface area contributed by atoms with Gasteiger partial charge in [0.2, 0.25) is 0 Å². The van der Waals surface area contributed by atoms with Crippen LogP contribution in [0.1, 0.15) is 30.6 Å². The number of para-hydroxylation sites is 1. The number of hydrogen-bond donors (Lipinski definition) is 4. The second kappa shape index (κ2) is 4.95. The first-order chi connectivity index (χ1) is 8.31. The Balaban J connectivity index is 3.02. The van der Waals surface area contributed by atoms with E-state index in [1.165, 1.54) is 25.1 Å². The summed E-state index contributed by atoms with van der Waals surface area (Å²) in [4.78, 5) is 22.9. The molecule has 0 spiro atoms. The highest BCUT2D eigenvalue weighted by atomic mass is 16.4. The minimum Gasteiger partial charge on any atom is -0.504 e. The standard InChI is InChI=1S/C12H15NO5/c1-3-12(2,11(17)18)13-10(16)7-5-4-6-8(14)9(7)15/h4-6,14-15H,3H2,1-2H3,(H,13,16)(H,17,18). The number of carboxylic acid groups (broad SMARTS) is 1. The summed E-state index contributed by atoms with van der Waals surface area (Å²) in [6.07, 6.45) is 0.188. The molecule has 1 rings (SSSR count). The molecule has 18 heavy (non-hydrogen) atoms. The van der Waals surface area contributed by atoms with E-state index in [0.717, 1.165) is 0 Å². The zero-order valence-corrected chi connectivity index (χ0v) is 10.1. The lowest BCUT2D eigenvalue weighted by atomic mass is 9.98. The average Bonchev–Trinajstić information content (AvgIpc) is 2.32. The second-order valence-corrected chi connectivity index (χ2v) is 4.12. The lowest BCUT2D eigenvalue weighted by Gasteiger charge is -2.24. The van der Waals surface area contributed by atoms with Gasteiger partial charge in [0.05, 0.1) is 5.56 Å². The maximum atomic E-state index is 11.9. The van der Waals surface area contributed by atoms with Gasteiger partial charge in [-0.05, 0) is 25.5 Å². The first kappa shape index (κ1) is 13.8. The Kier molecular flexibility index (Phi) is 3.80. The number of carbonyl (C=O) groups excluding carboxylic acids is 1. The van der Waals surface area contributed by atoms with Crippen molar-refractivity contribution in [2.75, 3.05) is 0 Å². The van der Waals surface area contributed by atoms with Crippen molar-refractivity contribution in [2.24, 2.45) is 0 Å². The monoisotopic (exact) mass is 253 g/mol. The molecule has 98 valence electrons. The minimum absolute atomic E-state index is 0.170. The number of amides is 1. The molecule has 0 radical (unpaired) electrons. The van der Waals surface area contributed by atoms with E-state index in [4.69, 9.17) is 5.11 Å². The fourth-order valence-electron chi connectivity index (χ4n) is 1.33. The van der Waals surface area contributed by atoms with E-state index in [2.05, 4.69) is 5.32 Å². The first-order valence-electron chi connectivity index (χ1n) is 5.38. The van der Waals surface area contributed by atoms with Crippen molar-refractivity contribution in [3.8, 4) is 11.5 Å². The third-order valence-electron chi connectivity index (χ3n) is 2.83. The van der Waals surface area contributed by atoms with Gasteiger partial charge >= 0.3 is 5.97 Å². The molecule has 6 heteroatoms. The molecule has 0 aliphatic heterocycles. The highest BCUT2D eigenvalue weighted by molar-refractivity contribution is 6.00. The van der Waals surface area contributed by atoms with Gasteiger partial charge in [0.1, 0.15) is 5.54 Å². The summed E-state index contributed by atoms with van der Waals surface area (Å²) < 4.78 is 0. The van der Waals surface area contributed by atoms with Crippen molar-refractivity contribution < 1.29 is 24.9 Å². The van der Waals surface area contributed by atoms with Crippen molar-refractivity contribution in [1.82, 2.24) is 5.32 Å². The minimum atomic E-state index is -1.42. The number of carboxylic acids is 1. The van der Waals surface area contributed by atoms with E-state index in [0.29, 0.717) is 0 Å². The number of phenols is 2. The van der Waals surface area contributed by atoms with Crippen LogP contribution >= 0.6 is 0 Å². The summed E-state index contributed by atoms with van der Waals surface area (Å²) in [5.41, 5.74) is -1.59. The summed E-state index contributed by atoms with van der Waals surface area (Å²) in [6, 6.07) is 3.90. The molecular weight excluding hydrogens is 238 g/mol. The molecule has 1 aromatic rings. The molecule has 4 N–H and O–H groups in total. The van der Waals surface area contributed by atoms with E-state index < -0.39 is 28.9 Å². The summed E-state index contributed by atoms with van der Waals surface area (Å²) >= 11 is 0. The number of hydrogen-bond acceptors (Lipinski definition) is 4. The van der Waals surface area contributed by atoms with E-state index in [1.54, 1.807) is 6.92 Å². The van der Waals surface area contributed by atoms with Crippen molar-refractivity contribution in [1.29, 1.82) is 0 Å². The second-order valence-electron chi connectivity index (χ2n) is 4.12. The number of aliphatic carboxylic acids is 1. The van der Waals surface area contributed by atoms with Crippen molar-refractivity contribution in [3.63, 3.8) is 0 Å². The van der Waals surface area contributed by atoms with Crippen LogP contribution in [0, 0.1) is 0 Å². The van der Waals surface area contributed by atoms with Gasteiger partial charge in [0.15, 0.2) is 11.5 Å². The van der Waals surface area contributed by atoms with Gasteiger partial charge in [-0.15, -0.1) is 0 Å². The van der Waals surface area contributed by atoms with Crippen LogP contribution in [-0.2, 0) is 4.79 Å². The summed E-state index contributed by atoms with van der Waals surface area (Å²) in [7, 11) is 0. The molecule has 0 aliphatic rings. The Hall–Kier alpha value is -2.24. The van der Waals surface area contributed by atoms with Crippen molar-refractivity contribution in [2.45, 2.75) is 25.8 Å². The van der Waals surface area contributed by atoms with Gasteiger partial charge in [-0.1, -0.05) is 13.0 Å². The lowest BCUT2D eigenvalue weighted by molar-refractivity contribution is -0.143. The van der Waals surface area contributed by atoms with Crippen molar-refractivity contribution >= 4 is 11.9 Å². The van der Waals surface area contributed by atoms with Crippen LogP contribution in [0.25, 0.3) is 0 Å². The number of carbonyl (C=O) groups is 2. The molecule has 1 unspecified atom stereocenters. The Morgan fingerprint density at radius 2 is 1.94 bits per heavy atom. The molecule has 0 bridgehead atoms. The van der Waals surface area contributed by atoms with E-state index in [-0.39, 0.29) is 12.0 Å².